The lowest BCUT2D eigenvalue weighted by Crippen LogP contribution is -2.26. The zero-order valence-electron chi connectivity index (χ0n) is 28.3. The van der Waals surface area contributed by atoms with Gasteiger partial charge in [-0.05, 0) is 78.4 Å². The number of fused-ring (bicyclic) bond motifs is 1. The molecule has 9 heteroatoms. The summed E-state index contributed by atoms with van der Waals surface area (Å²) >= 11 is 0. The van der Waals surface area contributed by atoms with Gasteiger partial charge in [-0.1, -0.05) is 62.9 Å². The molecule has 0 aliphatic rings. The van der Waals surface area contributed by atoms with Crippen molar-refractivity contribution in [3.63, 3.8) is 0 Å². The third-order valence-corrected chi connectivity index (χ3v) is 8.07. The standard InChI is InChI=1S/C39H47N3O6/c1-4-5-23-40-37(45)16-12-7-6-8-13-24-41-38(46)26-35-34-25-33(48-29(3)44)21-22-36(34)42(27-30-14-10-9-11-15-30)39(35)31-17-19-32(20-18-31)47-28(2)43/h9-11,14-15,17-22,25H,4-8,12-13,16,23-24,26-27H2,1-3H3,(H,40,45)(H,41,46). The fourth-order valence-corrected chi connectivity index (χ4v) is 5.80. The van der Waals surface area contributed by atoms with Gasteiger partial charge in [-0.15, -0.1) is 0 Å². The summed E-state index contributed by atoms with van der Waals surface area (Å²) in [6.07, 6.45) is 7.45. The Labute approximate surface area is 283 Å². The summed E-state index contributed by atoms with van der Waals surface area (Å²) in [5.74, 6) is 0.0384. The summed E-state index contributed by atoms with van der Waals surface area (Å²) < 4.78 is 12.9. The quantitative estimate of drug-likeness (QED) is 0.0671. The van der Waals surface area contributed by atoms with E-state index in [2.05, 4.69) is 34.3 Å². The van der Waals surface area contributed by atoms with Crippen molar-refractivity contribution in [3.8, 4) is 22.8 Å². The van der Waals surface area contributed by atoms with Crippen LogP contribution >= 0.6 is 0 Å². The SMILES string of the molecule is CCCCNC(=O)CCCCCCCNC(=O)Cc1c(-c2ccc(OC(C)=O)cc2)n(Cc2ccccc2)c2ccc(OC(C)=O)cc12. The highest BCUT2D eigenvalue weighted by atomic mass is 16.5. The first-order chi connectivity index (χ1) is 23.2. The first-order valence-corrected chi connectivity index (χ1v) is 16.9. The highest BCUT2D eigenvalue weighted by Gasteiger charge is 2.22. The zero-order valence-corrected chi connectivity index (χ0v) is 28.3. The molecule has 1 aromatic heterocycles. The van der Waals surface area contributed by atoms with Gasteiger partial charge < -0.3 is 24.7 Å². The second-order valence-electron chi connectivity index (χ2n) is 12.0. The second-order valence-corrected chi connectivity index (χ2v) is 12.0. The number of hydrogen-bond donors (Lipinski definition) is 2. The molecule has 48 heavy (non-hydrogen) atoms. The van der Waals surface area contributed by atoms with Crippen molar-refractivity contribution in [2.45, 2.75) is 85.1 Å². The van der Waals surface area contributed by atoms with Crippen molar-refractivity contribution in [1.82, 2.24) is 15.2 Å². The van der Waals surface area contributed by atoms with E-state index >= 15 is 0 Å². The van der Waals surface area contributed by atoms with E-state index in [9.17, 15) is 19.2 Å². The minimum Gasteiger partial charge on any atom is -0.427 e. The molecule has 0 aliphatic carbocycles. The van der Waals surface area contributed by atoms with Gasteiger partial charge in [0.2, 0.25) is 11.8 Å². The van der Waals surface area contributed by atoms with Gasteiger partial charge in [0.25, 0.3) is 0 Å². The number of unbranched alkanes of at least 4 members (excludes halogenated alkanes) is 5. The Kier molecular flexibility index (Phi) is 13.8. The van der Waals surface area contributed by atoms with Crippen molar-refractivity contribution in [2.75, 3.05) is 13.1 Å². The van der Waals surface area contributed by atoms with E-state index < -0.39 is 11.9 Å². The van der Waals surface area contributed by atoms with Crippen LogP contribution in [0.1, 0.15) is 83.3 Å². The summed E-state index contributed by atoms with van der Waals surface area (Å²) in [4.78, 5) is 48.7. The minimum atomic E-state index is -0.422. The highest BCUT2D eigenvalue weighted by molar-refractivity contribution is 5.97. The van der Waals surface area contributed by atoms with Gasteiger partial charge in [0.15, 0.2) is 0 Å². The fourth-order valence-electron chi connectivity index (χ4n) is 5.80. The summed E-state index contributed by atoms with van der Waals surface area (Å²) in [6, 6.07) is 22.8. The second kappa shape index (κ2) is 18.4. The molecule has 0 fully saturated rings. The Morgan fingerprint density at radius 2 is 1.31 bits per heavy atom. The van der Waals surface area contributed by atoms with E-state index in [1.54, 1.807) is 18.2 Å². The Bertz CT molecular complexity index is 1680. The van der Waals surface area contributed by atoms with E-state index in [1.165, 1.54) is 13.8 Å². The van der Waals surface area contributed by atoms with Crippen LogP contribution in [0.3, 0.4) is 0 Å². The van der Waals surface area contributed by atoms with E-state index in [4.69, 9.17) is 9.47 Å². The van der Waals surface area contributed by atoms with E-state index in [0.29, 0.717) is 31.0 Å². The molecule has 0 saturated heterocycles. The maximum atomic E-state index is 13.5. The molecule has 9 nitrogen and oxygen atoms in total. The van der Waals surface area contributed by atoms with Crippen molar-refractivity contribution < 1.29 is 28.7 Å². The van der Waals surface area contributed by atoms with Crippen LogP contribution < -0.4 is 20.1 Å². The van der Waals surface area contributed by atoms with Crippen LogP contribution in [-0.4, -0.2) is 41.4 Å². The number of nitrogens with zero attached hydrogens (tertiary/aromatic N) is 1. The maximum absolute atomic E-state index is 13.5. The van der Waals surface area contributed by atoms with Crippen LogP contribution in [0.15, 0.2) is 72.8 Å². The molecule has 0 bridgehead atoms. The Morgan fingerprint density at radius 1 is 0.688 bits per heavy atom. The predicted molar refractivity (Wildman–Crippen MR) is 188 cm³/mol. The average molecular weight is 654 g/mol. The van der Waals surface area contributed by atoms with Crippen LogP contribution in [0.2, 0.25) is 0 Å². The smallest absolute Gasteiger partial charge is 0.308 e. The molecule has 0 unspecified atom stereocenters. The number of benzene rings is 3. The van der Waals surface area contributed by atoms with Gasteiger partial charge in [-0.2, -0.15) is 0 Å². The highest BCUT2D eigenvalue weighted by Crippen LogP contribution is 2.37. The van der Waals surface area contributed by atoms with E-state index in [1.807, 2.05) is 42.5 Å². The number of aromatic nitrogens is 1. The van der Waals surface area contributed by atoms with Crippen molar-refractivity contribution in [2.24, 2.45) is 0 Å². The molecule has 3 aromatic carbocycles. The molecule has 4 rings (SSSR count). The molecule has 0 radical (unpaired) electrons. The average Bonchev–Trinajstić information content (AvgIpc) is 3.34. The number of rotatable bonds is 18. The fraction of sp³-hybridized carbons (Fsp3) is 0.385. The molecular weight excluding hydrogens is 606 g/mol. The largest absolute Gasteiger partial charge is 0.427 e. The number of esters is 2. The van der Waals surface area contributed by atoms with Gasteiger partial charge in [-0.3, -0.25) is 19.2 Å². The molecular formula is C39H47N3O6. The van der Waals surface area contributed by atoms with Gasteiger partial charge in [0, 0.05) is 50.8 Å². The lowest BCUT2D eigenvalue weighted by atomic mass is 10.0. The number of ether oxygens (including phenoxy) is 2. The third kappa shape index (κ3) is 10.8. The lowest BCUT2D eigenvalue weighted by Gasteiger charge is -2.14. The molecule has 2 amide bonds. The molecule has 254 valence electrons. The zero-order chi connectivity index (χ0) is 34.3. The molecule has 0 atom stereocenters. The van der Waals surface area contributed by atoms with Crippen molar-refractivity contribution in [3.05, 3.63) is 83.9 Å². The molecule has 4 aromatic rings. The molecule has 1 heterocycles. The van der Waals surface area contributed by atoms with Crippen LogP contribution in [0.5, 0.6) is 11.5 Å². The predicted octanol–water partition coefficient (Wildman–Crippen LogP) is 7.12. The van der Waals surface area contributed by atoms with Crippen molar-refractivity contribution >= 4 is 34.7 Å². The topological polar surface area (TPSA) is 116 Å². The number of carbonyl (C=O) groups is 4. The monoisotopic (exact) mass is 653 g/mol. The van der Waals surface area contributed by atoms with Crippen LogP contribution in [0, 0.1) is 0 Å². The van der Waals surface area contributed by atoms with E-state index in [0.717, 1.165) is 84.8 Å². The summed E-state index contributed by atoms with van der Waals surface area (Å²) in [7, 11) is 0. The van der Waals surface area contributed by atoms with Gasteiger partial charge in [-0.25, -0.2) is 0 Å². The normalized spacial score (nSPS) is 10.9. The number of nitrogens with one attached hydrogen (secondary N) is 2. The van der Waals surface area contributed by atoms with Crippen molar-refractivity contribution in [1.29, 1.82) is 0 Å². The van der Waals surface area contributed by atoms with Gasteiger partial charge in [0.05, 0.1) is 12.1 Å². The first-order valence-electron chi connectivity index (χ1n) is 16.9. The summed E-state index contributed by atoms with van der Waals surface area (Å²) in [5, 5.41) is 6.87. The number of amides is 2. The van der Waals surface area contributed by atoms with Gasteiger partial charge >= 0.3 is 11.9 Å². The summed E-state index contributed by atoms with van der Waals surface area (Å²) in [6.45, 7) is 6.69. The molecule has 0 aliphatic heterocycles. The van der Waals surface area contributed by atoms with E-state index in [-0.39, 0.29) is 18.2 Å². The van der Waals surface area contributed by atoms with Crippen LogP contribution in [0.4, 0.5) is 0 Å². The summed E-state index contributed by atoms with van der Waals surface area (Å²) in [5.41, 5.74) is 4.51. The minimum absolute atomic E-state index is 0.104. The third-order valence-electron chi connectivity index (χ3n) is 8.07. The number of hydrogen-bond acceptors (Lipinski definition) is 6. The molecule has 0 spiro atoms. The molecule has 2 N–H and O–H groups in total. The maximum Gasteiger partial charge on any atom is 0.308 e. The molecule has 0 saturated carbocycles. The Hall–Kier alpha value is -4.92. The lowest BCUT2D eigenvalue weighted by molar-refractivity contribution is -0.132. The van der Waals surface area contributed by atoms with Gasteiger partial charge in [0.1, 0.15) is 11.5 Å². The Morgan fingerprint density at radius 3 is 2.02 bits per heavy atom. The van der Waals surface area contributed by atoms with Crippen LogP contribution in [-0.2, 0) is 32.1 Å². The Balaban J connectivity index is 1.52. The van der Waals surface area contributed by atoms with Crippen LogP contribution in [0.25, 0.3) is 22.2 Å². The number of carbonyl (C=O) groups excluding carboxylic acids is 4. The first kappa shape index (κ1) is 35.9.